The first kappa shape index (κ1) is 15.7. The topological polar surface area (TPSA) is 85.8 Å². The number of hydrogen-bond acceptors (Lipinski definition) is 7. The normalized spacial score (nSPS) is 23.5. The van der Waals surface area contributed by atoms with E-state index in [0.29, 0.717) is 44.4 Å². The van der Waals surface area contributed by atoms with Crippen LogP contribution in [0.4, 0.5) is 0 Å². The third-order valence-corrected chi connectivity index (χ3v) is 6.55. The summed E-state index contributed by atoms with van der Waals surface area (Å²) in [6.07, 6.45) is 1.99. The molecule has 0 spiro atoms. The Hall–Kier alpha value is -1.16. The number of aromatic nitrogens is 1. The van der Waals surface area contributed by atoms with Gasteiger partial charge in [0.25, 0.3) is 0 Å². The van der Waals surface area contributed by atoms with E-state index in [2.05, 4.69) is 4.98 Å². The van der Waals surface area contributed by atoms with Crippen LogP contribution in [0, 0.1) is 0 Å². The zero-order valence-corrected chi connectivity index (χ0v) is 13.4. The van der Waals surface area contributed by atoms with Gasteiger partial charge in [-0.3, -0.25) is 4.79 Å². The van der Waals surface area contributed by atoms with Crippen LogP contribution in [0.15, 0.2) is 28.3 Å². The number of ether oxygens (including phenoxy) is 2. The van der Waals surface area contributed by atoms with E-state index in [9.17, 15) is 13.2 Å². The number of hydrogen-bond donors (Lipinski definition) is 0. The van der Waals surface area contributed by atoms with E-state index in [-0.39, 0.29) is 16.1 Å². The SMILES string of the molecule is O=C1OCC[C@@H]1Sc1ccc(S(=O)(=O)N2CCOCC2)cn1. The molecule has 0 radical (unpaired) electrons. The highest BCUT2D eigenvalue weighted by molar-refractivity contribution is 8.00. The molecule has 0 amide bonds. The molecule has 9 heteroatoms. The summed E-state index contributed by atoms with van der Waals surface area (Å²) in [4.78, 5) is 15.7. The number of carbonyl (C=O) groups is 1. The lowest BCUT2D eigenvalue weighted by molar-refractivity contribution is -0.137. The molecule has 2 aliphatic rings. The summed E-state index contributed by atoms with van der Waals surface area (Å²) >= 11 is 1.30. The van der Waals surface area contributed by atoms with Crippen LogP contribution < -0.4 is 0 Å². The van der Waals surface area contributed by atoms with Crippen LogP contribution >= 0.6 is 11.8 Å². The van der Waals surface area contributed by atoms with Crippen molar-refractivity contribution in [1.82, 2.24) is 9.29 Å². The molecule has 0 bridgehead atoms. The summed E-state index contributed by atoms with van der Waals surface area (Å²) < 4.78 is 36.3. The van der Waals surface area contributed by atoms with Gasteiger partial charge in [-0.15, -0.1) is 0 Å². The lowest BCUT2D eigenvalue weighted by atomic mass is 10.4. The fourth-order valence-electron chi connectivity index (χ4n) is 2.26. The van der Waals surface area contributed by atoms with Gasteiger partial charge in [0, 0.05) is 25.7 Å². The Labute approximate surface area is 133 Å². The van der Waals surface area contributed by atoms with E-state index in [1.807, 2.05) is 0 Å². The van der Waals surface area contributed by atoms with Crippen LogP contribution in [0.3, 0.4) is 0 Å². The van der Waals surface area contributed by atoms with Gasteiger partial charge >= 0.3 is 5.97 Å². The van der Waals surface area contributed by atoms with Gasteiger partial charge in [0.15, 0.2) is 0 Å². The van der Waals surface area contributed by atoms with Gasteiger partial charge < -0.3 is 9.47 Å². The number of carbonyl (C=O) groups excluding carboxylic acids is 1. The Kier molecular flexibility index (Phi) is 4.67. The van der Waals surface area contributed by atoms with Crippen molar-refractivity contribution in [3.8, 4) is 0 Å². The Balaban J connectivity index is 1.71. The molecule has 0 N–H and O–H groups in total. The molecule has 1 aromatic heterocycles. The average Bonchev–Trinajstić information content (AvgIpc) is 2.94. The van der Waals surface area contributed by atoms with E-state index in [0.717, 1.165) is 0 Å². The lowest BCUT2D eigenvalue weighted by Gasteiger charge is -2.25. The highest BCUT2D eigenvalue weighted by Crippen LogP contribution is 2.28. The molecule has 0 unspecified atom stereocenters. The quantitative estimate of drug-likeness (QED) is 0.736. The van der Waals surface area contributed by atoms with Gasteiger partial charge in [0.2, 0.25) is 10.0 Å². The molecule has 2 fully saturated rings. The molecule has 3 rings (SSSR count). The van der Waals surface area contributed by atoms with Crippen molar-refractivity contribution in [3.05, 3.63) is 18.3 Å². The number of rotatable bonds is 4. The minimum atomic E-state index is -3.53. The van der Waals surface area contributed by atoms with Crippen molar-refractivity contribution in [2.24, 2.45) is 0 Å². The first-order valence-corrected chi connectivity index (χ1v) is 9.26. The molecule has 120 valence electrons. The molecule has 3 heterocycles. The highest BCUT2D eigenvalue weighted by atomic mass is 32.2. The largest absolute Gasteiger partial charge is 0.465 e. The summed E-state index contributed by atoms with van der Waals surface area (Å²) in [5.41, 5.74) is 0. The molecule has 0 aromatic carbocycles. The van der Waals surface area contributed by atoms with Gasteiger partial charge in [0.05, 0.1) is 24.8 Å². The number of cyclic esters (lactones) is 1. The van der Waals surface area contributed by atoms with E-state index >= 15 is 0 Å². The lowest BCUT2D eigenvalue weighted by Crippen LogP contribution is -2.40. The predicted molar refractivity (Wildman–Crippen MR) is 79.0 cm³/mol. The molecule has 0 aliphatic carbocycles. The third kappa shape index (κ3) is 3.27. The summed E-state index contributed by atoms with van der Waals surface area (Å²) in [6, 6.07) is 3.16. The Morgan fingerprint density at radius 2 is 2.00 bits per heavy atom. The molecule has 2 saturated heterocycles. The van der Waals surface area contributed by atoms with Crippen molar-refractivity contribution < 1.29 is 22.7 Å². The Morgan fingerprint density at radius 3 is 2.59 bits per heavy atom. The standard InChI is InChI=1S/C13H16N2O5S2/c16-13-11(3-6-20-13)21-12-2-1-10(9-14-12)22(17,18)15-4-7-19-8-5-15/h1-2,9,11H,3-8H2/t11-/m0/s1. The van der Waals surface area contributed by atoms with Crippen LogP contribution in [0.5, 0.6) is 0 Å². The van der Waals surface area contributed by atoms with Gasteiger partial charge in [-0.1, -0.05) is 11.8 Å². The van der Waals surface area contributed by atoms with Crippen molar-refractivity contribution in [3.63, 3.8) is 0 Å². The van der Waals surface area contributed by atoms with Crippen LogP contribution in [0.1, 0.15) is 6.42 Å². The second-order valence-corrected chi connectivity index (χ2v) is 8.07. The zero-order chi connectivity index (χ0) is 15.6. The molecule has 7 nitrogen and oxygen atoms in total. The second kappa shape index (κ2) is 6.53. The first-order chi connectivity index (χ1) is 10.6. The fraction of sp³-hybridized carbons (Fsp3) is 0.538. The first-order valence-electron chi connectivity index (χ1n) is 6.94. The van der Waals surface area contributed by atoms with Crippen LogP contribution in [-0.4, -0.2) is 61.8 Å². The highest BCUT2D eigenvalue weighted by Gasteiger charge is 2.29. The molecular weight excluding hydrogens is 328 g/mol. The van der Waals surface area contributed by atoms with Crippen LogP contribution in [0.2, 0.25) is 0 Å². The number of nitrogens with zero attached hydrogens (tertiary/aromatic N) is 2. The Bertz CT molecular complexity index is 641. The molecule has 0 saturated carbocycles. The van der Waals surface area contributed by atoms with E-state index in [1.54, 1.807) is 6.07 Å². The van der Waals surface area contributed by atoms with Crippen molar-refractivity contribution in [1.29, 1.82) is 0 Å². The van der Waals surface area contributed by atoms with E-state index in [4.69, 9.17) is 9.47 Å². The maximum atomic E-state index is 12.4. The number of morpholine rings is 1. The average molecular weight is 344 g/mol. The fourth-order valence-corrected chi connectivity index (χ4v) is 4.54. The third-order valence-electron chi connectivity index (χ3n) is 3.47. The number of thioether (sulfide) groups is 1. The van der Waals surface area contributed by atoms with Crippen LogP contribution in [-0.2, 0) is 24.3 Å². The number of pyridine rings is 1. The molecule has 22 heavy (non-hydrogen) atoms. The van der Waals surface area contributed by atoms with E-state index < -0.39 is 10.0 Å². The molecule has 1 aromatic rings. The molecular formula is C13H16N2O5S2. The maximum absolute atomic E-state index is 12.4. The minimum Gasteiger partial charge on any atom is -0.465 e. The summed E-state index contributed by atoms with van der Waals surface area (Å²) in [5.74, 6) is -0.239. The number of sulfonamides is 1. The summed E-state index contributed by atoms with van der Waals surface area (Å²) in [6.45, 7) is 1.95. The minimum absolute atomic E-state index is 0.160. The van der Waals surface area contributed by atoms with Gasteiger partial charge in [-0.2, -0.15) is 4.31 Å². The summed E-state index contributed by atoms with van der Waals surface area (Å²) in [7, 11) is -3.53. The van der Waals surface area contributed by atoms with Crippen molar-refractivity contribution in [2.75, 3.05) is 32.9 Å². The molecule has 1 atom stereocenters. The predicted octanol–water partition coefficient (Wildman–Crippen LogP) is 0.510. The number of esters is 1. The maximum Gasteiger partial charge on any atom is 0.319 e. The smallest absolute Gasteiger partial charge is 0.319 e. The van der Waals surface area contributed by atoms with Crippen molar-refractivity contribution in [2.45, 2.75) is 21.6 Å². The van der Waals surface area contributed by atoms with Crippen LogP contribution in [0.25, 0.3) is 0 Å². The summed E-state index contributed by atoms with van der Waals surface area (Å²) in [5, 5.41) is 0.360. The molecule has 2 aliphatic heterocycles. The monoisotopic (exact) mass is 344 g/mol. The van der Waals surface area contributed by atoms with Crippen molar-refractivity contribution >= 4 is 27.8 Å². The van der Waals surface area contributed by atoms with Gasteiger partial charge in [-0.05, 0) is 12.1 Å². The second-order valence-electron chi connectivity index (χ2n) is 4.91. The van der Waals surface area contributed by atoms with Gasteiger partial charge in [0.1, 0.15) is 10.1 Å². The Morgan fingerprint density at radius 1 is 1.23 bits per heavy atom. The van der Waals surface area contributed by atoms with E-state index in [1.165, 1.54) is 28.3 Å². The zero-order valence-electron chi connectivity index (χ0n) is 11.8. The van der Waals surface area contributed by atoms with Gasteiger partial charge in [-0.25, -0.2) is 13.4 Å².